The van der Waals surface area contributed by atoms with E-state index in [9.17, 15) is 0 Å². The van der Waals surface area contributed by atoms with Crippen LogP contribution >= 0.6 is 23.5 Å². The molecular weight excluding hydrogens is 530 g/mol. The fraction of sp³-hybridized carbons (Fsp3) is 0.481. The van der Waals surface area contributed by atoms with E-state index in [0.29, 0.717) is 0 Å². The molecule has 0 spiro atoms. The Morgan fingerprint density at radius 2 is 1.37 bits per heavy atom. The minimum absolute atomic E-state index is 0.0714. The molecule has 0 aromatic heterocycles. The van der Waals surface area contributed by atoms with Crippen LogP contribution in [0, 0.1) is 0 Å². The van der Waals surface area contributed by atoms with Gasteiger partial charge in [0.2, 0.25) is 0 Å². The van der Waals surface area contributed by atoms with Crippen molar-refractivity contribution in [3.63, 3.8) is 0 Å². The van der Waals surface area contributed by atoms with Gasteiger partial charge in [0.1, 0.15) is 0 Å². The van der Waals surface area contributed by atoms with Gasteiger partial charge in [0.05, 0.1) is 32.5 Å². The molecule has 2 N–H and O–H groups in total. The van der Waals surface area contributed by atoms with Crippen LogP contribution in [0.4, 0.5) is 0 Å². The third kappa shape index (κ3) is 8.92. The van der Waals surface area contributed by atoms with Gasteiger partial charge in [0, 0.05) is 6.54 Å². The van der Waals surface area contributed by atoms with Crippen molar-refractivity contribution in [1.82, 2.24) is 4.90 Å². The third-order valence-corrected chi connectivity index (χ3v) is 9.42. The summed E-state index contributed by atoms with van der Waals surface area (Å²) in [5.41, 5.74) is 2.55. The zero-order valence-corrected chi connectivity index (χ0v) is 24.2. The van der Waals surface area contributed by atoms with E-state index in [0.717, 1.165) is 48.9 Å². The third-order valence-electron chi connectivity index (χ3n) is 5.91. The maximum atomic E-state index is 9.10. The lowest BCUT2D eigenvalue weighted by Crippen LogP contribution is -2.26. The van der Waals surface area contributed by atoms with Gasteiger partial charge in [-0.05, 0) is 79.8 Å². The highest BCUT2D eigenvalue weighted by Gasteiger charge is 2.36. The molecule has 210 valence electrons. The van der Waals surface area contributed by atoms with E-state index in [1.807, 2.05) is 12.1 Å². The van der Waals surface area contributed by atoms with Gasteiger partial charge in [-0.2, -0.15) is 0 Å². The lowest BCUT2D eigenvalue weighted by Gasteiger charge is -2.37. The molecule has 11 heteroatoms. The van der Waals surface area contributed by atoms with Crippen LogP contribution in [0.1, 0.15) is 30.4 Å². The van der Waals surface area contributed by atoms with Crippen LogP contribution < -0.4 is 18.9 Å². The van der Waals surface area contributed by atoms with Gasteiger partial charge in [-0.15, -0.1) is 23.5 Å². The van der Waals surface area contributed by atoms with E-state index in [-0.39, 0.29) is 4.08 Å². The first-order valence-electron chi connectivity index (χ1n) is 12.1. The first-order valence-corrected chi connectivity index (χ1v) is 14.0. The van der Waals surface area contributed by atoms with Gasteiger partial charge in [-0.1, -0.05) is 12.1 Å². The molecule has 0 radical (unpaired) electrons. The zero-order valence-electron chi connectivity index (χ0n) is 22.5. The molecule has 2 aromatic rings. The standard InChI is InChI=1S/C25H35NO4S2.C2H2O4/c1-26(18-19-8-10-21(27-2)23(16-19)29-4)13-6-12-25(31-14-7-15-32-25)20-9-11-22(28-3)24(17-20)30-5;3-1(4)2(5)6/h8-11,16-17H,6-7,12-15,18H2,1-5H3;(H,3,4)(H,5,6). The number of hydrogen-bond donors (Lipinski definition) is 2. The number of hydrogen-bond acceptors (Lipinski definition) is 9. The largest absolute Gasteiger partial charge is 0.493 e. The fourth-order valence-corrected chi connectivity index (χ4v) is 7.47. The number of rotatable bonds is 11. The van der Waals surface area contributed by atoms with Crippen LogP contribution in [0.2, 0.25) is 0 Å². The van der Waals surface area contributed by atoms with Crippen LogP contribution in [-0.2, 0) is 20.2 Å². The maximum absolute atomic E-state index is 9.10. The summed E-state index contributed by atoms with van der Waals surface area (Å²) in [5, 5.41) is 14.8. The molecular formula is C27H37NO8S2. The molecule has 1 fully saturated rings. The van der Waals surface area contributed by atoms with Crippen LogP contribution in [0.25, 0.3) is 0 Å². The second-order valence-corrected chi connectivity index (χ2v) is 11.6. The minimum Gasteiger partial charge on any atom is -0.493 e. The second kappa shape index (κ2) is 15.6. The van der Waals surface area contributed by atoms with Gasteiger partial charge in [0.15, 0.2) is 23.0 Å². The van der Waals surface area contributed by atoms with Gasteiger partial charge in [-0.25, -0.2) is 9.59 Å². The maximum Gasteiger partial charge on any atom is 0.414 e. The Balaban J connectivity index is 0.000000757. The molecule has 0 aliphatic carbocycles. The van der Waals surface area contributed by atoms with Gasteiger partial charge in [-0.3, -0.25) is 0 Å². The van der Waals surface area contributed by atoms with E-state index >= 15 is 0 Å². The second-order valence-electron chi connectivity index (χ2n) is 8.51. The highest BCUT2D eigenvalue weighted by Crippen LogP contribution is 2.54. The molecule has 0 saturated carbocycles. The van der Waals surface area contributed by atoms with Crippen molar-refractivity contribution in [1.29, 1.82) is 0 Å². The fourth-order valence-electron chi connectivity index (χ4n) is 4.05. The average molecular weight is 568 g/mol. The minimum atomic E-state index is -1.82. The Labute approximate surface area is 232 Å². The Bertz CT molecular complexity index is 1050. The van der Waals surface area contributed by atoms with Crippen molar-refractivity contribution in [2.75, 3.05) is 53.5 Å². The molecule has 1 aliphatic rings. The van der Waals surface area contributed by atoms with E-state index in [4.69, 9.17) is 38.7 Å². The molecule has 0 bridgehead atoms. The monoisotopic (exact) mass is 567 g/mol. The number of carboxylic acid groups (broad SMARTS) is 2. The molecule has 9 nitrogen and oxygen atoms in total. The summed E-state index contributed by atoms with van der Waals surface area (Å²) < 4.78 is 21.9. The Kier molecular flexibility index (Phi) is 12.9. The summed E-state index contributed by atoms with van der Waals surface area (Å²) in [6.45, 7) is 1.91. The van der Waals surface area contributed by atoms with Crippen LogP contribution in [0.15, 0.2) is 36.4 Å². The first-order chi connectivity index (χ1) is 18.2. The van der Waals surface area contributed by atoms with Crippen molar-refractivity contribution in [3.8, 4) is 23.0 Å². The lowest BCUT2D eigenvalue weighted by atomic mass is 10.1. The number of thioether (sulfide) groups is 2. The predicted octanol–water partition coefficient (Wildman–Crippen LogP) is 4.81. The quantitative estimate of drug-likeness (QED) is 0.365. The number of methoxy groups -OCH3 is 4. The molecule has 38 heavy (non-hydrogen) atoms. The molecule has 1 heterocycles. The molecule has 3 rings (SSSR count). The summed E-state index contributed by atoms with van der Waals surface area (Å²) in [7, 11) is 8.92. The molecule has 0 amide bonds. The van der Waals surface area contributed by atoms with Gasteiger partial charge >= 0.3 is 11.9 Å². The first kappa shape index (κ1) is 31.5. The van der Waals surface area contributed by atoms with E-state index in [2.05, 4.69) is 59.7 Å². The average Bonchev–Trinajstić information content (AvgIpc) is 2.93. The van der Waals surface area contributed by atoms with Crippen LogP contribution in [0.3, 0.4) is 0 Å². The van der Waals surface area contributed by atoms with Gasteiger partial charge < -0.3 is 34.1 Å². The smallest absolute Gasteiger partial charge is 0.414 e. The van der Waals surface area contributed by atoms with Crippen LogP contribution in [0.5, 0.6) is 23.0 Å². The van der Waals surface area contributed by atoms with Crippen molar-refractivity contribution in [2.45, 2.75) is 29.9 Å². The molecule has 1 saturated heterocycles. The van der Waals surface area contributed by atoms with Gasteiger partial charge in [0.25, 0.3) is 0 Å². The summed E-state index contributed by atoms with van der Waals surface area (Å²) in [6.07, 6.45) is 3.51. The summed E-state index contributed by atoms with van der Waals surface area (Å²) in [6, 6.07) is 12.6. The summed E-state index contributed by atoms with van der Waals surface area (Å²) in [4.78, 5) is 20.6. The zero-order chi connectivity index (χ0) is 28.1. The molecule has 0 atom stereocenters. The Morgan fingerprint density at radius 3 is 1.89 bits per heavy atom. The van der Waals surface area contributed by atoms with Crippen LogP contribution in [-0.4, -0.2) is 80.6 Å². The topological polar surface area (TPSA) is 115 Å². The number of carbonyl (C=O) groups is 2. The SMILES string of the molecule is COc1ccc(CN(C)CCCC2(c3ccc(OC)c(OC)c3)SCCCS2)cc1OC.O=C(O)C(=O)O. The normalized spacial score (nSPS) is 14.2. The molecule has 2 aromatic carbocycles. The number of benzene rings is 2. The Hall–Kier alpha value is -2.76. The van der Waals surface area contributed by atoms with Crippen molar-refractivity contribution in [2.24, 2.45) is 0 Å². The lowest BCUT2D eigenvalue weighted by molar-refractivity contribution is -0.159. The number of nitrogens with zero attached hydrogens (tertiary/aromatic N) is 1. The predicted molar refractivity (Wildman–Crippen MR) is 151 cm³/mol. The number of aliphatic carboxylic acids is 2. The molecule has 1 aliphatic heterocycles. The van der Waals surface area contributed by atoms with E-state index in [1.165, 1.54) is 29.1 Å². The molecule has 0 unspecified atom stereocenters. The summed E-state index contributed by atoms with van der Waals surface area (Å²) >= 11 is 4.16. The highest BCUT2D eigenvalue weighted by molar-refractivity contribution is 8.18. The Morgan fingerprint density at radius 1 is 0.842 bits per heavy atom. The summed E-state index contributed by atoms with van der Waals surface area (Å²) in [5.74, 6) is 1.88. The van der Waals surface area contributed by atoms with Crippen molar-refractivity contribution in [3.05, 3.63) is 47.5 Å². The van der Waals surface area contributed by atoms with E-state index in [1.54, 1.807) is 28.4 Å². The van der Waals surface area contributed by atoms with E-state index < -0.39 is 11.9 Å². The van der Waals surface area contributed by atoms with Crippen molar-refractivity contribution >= 4 is 35.5 Å². The number of ether oxygens (including phenoxy) is 4. The number of carboxylic acids is 2. The highest BCUT2D eigenvalue weighted by atomic mass is 32.2. The van der Waals surface area contributed by atoms with Crippen molar-refractivity contribution < 1.29 is 38.7 Å².